The molecule has 3 rings (SSSR count). The van der Waals surface area contributed by atoms with Crippen LogP contribution in [-0.2, 0) is 15.8 Å². The third-order valence-corrected chi connectivity index (χ3v) is 4.16. The number of hydrogen-bond donors (Lipinski definition) is 1. The molecule has 2 fully saturated rings. The molecular formula is C15H14F3N3O3. The van der Waals surface area contributed by atoms with E-state index >= 15 is 0 Å². The van der Waals surface area contributed by atoms with Gasteiger partial charge in [0, 0.05) is 18.7 Å². The number of fused-ring (bicyclic) bond motifs is 1. The van der Waals surface area contributed by atoms with Crippen LogP contribution in [0.4, 0.5) is 13.2 Å². The molecular weight excluding hydrogens is 327 g/mol. The van der Waals surface area contributed by atoms with Gasteiger partial charge in [-0.05, 0) is 24.3 Å². The zero-order valence-corrected chi connectivity index (χ0v) is 12.5. The normalized spacial score (nSPS) is 21.4. The fourth-order valence-corrected chi connectivity index (χ4v) is 2.86. The van der Waals surface area contributed by atoms with Gasteiger partial charge in [0.2, 0.25) is 11.8 Å². The van der Waals surface area contributed by atoms with E-state index in [1.807, 2.05) is 0 Å². The molecule has 2 aliphatic heterocycles. The predicted octanol–water partition coefficient (Wildman–Crippen LogP) is 0.488. The van der Waals surface area contributed by atoms with Gasteiger partial charge in [0.05, 0.1) is 18.7 Å². The number of hydrogen-bond acceptors (Lipinski definition) is 3. The molecule has 0 saturated carbocycles. The molecule has 0 spiro atoms. The Kier molecular flexibility index (Phi) is 3.94. The number of rotatable bonds is 1. The summed E-state index contributed by atoms with van der Waals surface area (Å²) in [4.78, 5) is 38.9. The highest BCUT2D eigenvalue weighted by atomic mass is 19.4. The number of carbonyl (C=O) groups excluding carboxylic acids is 3. The van der Waals surface area contributed by atoms with Crippen LogP contribution in [0.3, 0.4) is 0 Å². The average Bonchev–Trinajstić information content (AvgIpc) is 2.57. The molecule has 9 heteroatoms. The molecule has 1 atom stereocenters. The number of nitrogens with zero attached hydrogens (tertiary/aromatic N) is 2. The summed E-state index contributed by atoms with van der Waals surface area (Å²) < 4.78 is 37.7. The van der Waals surface area contributed by atoms with Crippen molar-refractivity contribution in [3.8, 4) is 0 Å². The van der Waals surface area contributed by atoms with Crippen molar-refractivity contribution in [1.29, 1.82) is 0 Å². The van der Waals surface area contributed by atoms with Gasteiger partial charge in [0.25, 0.3) is 5.91 Å². The fraction of sp³-hybridized carbons (Fsp3) is 0.400. The van der Waals surface area contributed by atoms with Crippen molar-refractivity contribution in [2.24, 2.45) is 0 Å². The van der Waals surface area contributed by atoms with Crippen molar-refractivity contribution >= 4 is 17.7 Å². The Bertz CT molecular complexity index is 687. The largest absolute Gasteiger partial charge is 0.416 e. The van der Waals surface area contributed by atoms with Crippen molar-refractivity contribution in [3.05, 3.63) is 35.4 Å². The summed E-state index contributed by atoms with van der Waals surface area (Å²) in [6.07, 6.45) is -4.46. The molecule has 128 valence electrons. The number of carbonyl (C=O) groups is 3. The molecule has 0 radical (unpaired) electrons. The van der Waals surface area contributed by atoms with Crippen molar-refractivity contribution in [2.45, 2.75) is 12.2 Å². The van der Waals surface area contributed by atoms with Gasteiger partial charge >= 0.3 is 6.18 Å². The molecule has 0 aliphatic carbocycles. The molecule has 1 aromatic rings. The van der Waals surface area contributed by atoms with E-state index in [9.17, 15) is 27.6 Å². The summed E-state index contributed by atoms with van der Waals surface area (Å²) in [6.45, 7) is 0.429. The van der Waals surface area contributed by atoms with Crippen molar-refractivity contribution < 1.29 is 27.6 Å². The van der Waals surface area contributed by atoms with Crippen molar-refractivity contribution in [2.75, 3.05) is 26.2 Å². The Morgan fingerprint density at radius 3 is 2.42 bits per heavy atom. The Labute approximate surface area is 135 Å². The van der Waals surface area contributed by atoms with Crippen LogP contribution in [0.1, 0.15) is 15.9 Å². The summed E-state index contributed by atoms with van der Waals surface area (Å²) >= 11 is 0. The standard InChI is InChI=1S/C15H14F3N3O3/c16-15(17,18)10-3-1-9(2-4-10)14(24)20-5-6-21-11(8-20)13(23)19-7-12(21)22/h1-4,11H,5-8H2,(H,19,23). The van der Waals surface area contributed by atoms with Crippen LogP contribution in [0.25, 0.3) is 0 Å². The minimum Gasteiger partial charge on any atom is -0.345 e. The van der Waals surface area contributed by atoms with Gasteiger partial charge < -0.3 is 15.1 Å². The van der Waals surface area contributed by atoms with E-state index in [0.717, 1.165) is 24.3 Å². The molecule has 0 bridgehead atoms. The Morgan fingerprint density at radius 2 is 1.79 bits per heavy atom. The zero-order valence-electron chi connectivity index (χ0n) is 12.5. The Balaban J connectivity index is 1.74. The van der Waals surface area contributed by atoms with Crippen LogP contribution in [0, 0.1) is 0 Å². The minimum atomic E-state index is -4.46. The first-order valence-electron chi connectivity index (χ1n) is 7.31. The topological polar surface area (TPSA) is 69.7 Å². The van der Waals surface area contributed by atoms with E-state index in [-0.39, 0.29) is 43.6 Å². The van der Waals surface area contributed by atoms with Gasteiger partial charge in [-0.25, -0.2) is 0 Å². The molecule has 1 N–H and O–H groups in total. The Hall–Kier alpha value is -2.58. The molecule has 2 saturated heterocycles. The number of nitrogens with one attached hydrogen (secondary N) is 1. The maximum absolute atomic E-state index is 12.6. The van der Waals surface area contributed by atoms with E-state index in [4.69, 9.17) is 0 Å². The van der Waals surface area contributed by atoms with E-state index in [0.29, 0.717) is 0 Å². The zero-order chi connectivity index (χ0) is 17.5. The maximum Gasteiger partial charge on any atom is 0.416 e. The number of piperazine rings is 2. The van der Waals surface area contributed by atoms with Crippen LogP contribution in [0.15, 0.2) is 24.3 Å². The molecule has 0 aromatic heterocycles. The van der Waals surface area contributed by atoms with E-state index in [1.165, 1.54) is 9.80 Å². The minimum absolute atomic E-state index is 0.0252. The van der Waals surface area contributed by atoms with E-state index in [2.05, 4.69) is 5.32 Å². The first-order valence-corrected chi connectivity index (χ1v) is 7.31. The highest BCUT2D eigenvalue weighted by Gasteiger charge is 2.40. The quantitative estimate of drug-likeness (QED) is 0.808. The molecule has 1 aromatic carbocycles. The number of amides is 3. The molecule has 3 amide bonds. The van der Waals surface area contributed by atoms with E-state index < -0.39 is 23.7 Å². The molecule has 24 heavy (non-hydrogen) atoms. The second-order valence-corrected chi connectivity index (χ2v) is 5.65. The van der Waals surface area contributed by atoms with Crippen LogP contribution in [0.5, 0.6) is 0 Å². The number of benzene rings is 1. The molecule has 2 aliphatic rings. The summed E-state index contributed by atoms with van der Waals surface area (Å²) in [7, 11) is 0. The van der Waals surface area contributed by atoms with Gasteiger partial charge in [0.15, 0.2) is 0 Å². The molecule has 2 heterocycles. The highest BCUT2D eigenvalue weighted by Crippen LogP contribution is 2.29. The van der Waals surface area contributed by atoms with Crippen LogP contribution < -0.4 is 5.32 Å². The Morgan fingerprint density at radius 1 is 1.12 bits per heavy atom. The lowest BCUT2D eigenvalue weighted by Crippen LogP contribution is -2.66. The second kappa shape index (κ2) is 5.81. The molecule has 6 nitrogen and oxygen atoms in total. The maximum atomic E-state index is 12.6. The van der Waals surface area contributed by atoms with Gasteiger partial charge in [-0.2, -0.15) is 13.2 Å². The van der Waals surface area contributed by atoms with E-state index in [1.54, 1.807) is 0 Å². The van der Waals surface area contributed by atoms with Gasteiger partial charge in [-0.3, -0.25) is 14.4 Å². The fourth-order valence-electron chi connectivity index (χ4n) is 2.86. The summed E-state index contributed by atoms with van der Waals surface area (Å²) in [5, 5.41) is 2.46. The van der Waals surface area contributed by atoms with Gasteiger partial charge in [-0.1, -0.05) is 0 Å². The van der Waals surface area contributed by atoms with Crippen molar-refractivity contribution in [1.82, 2.24) is 15.1 Å². The van der Waals surface area contributed by atoms with Crippen LogP contribution in [-0.4, -0.2) is 59.7 Å². The lowest BCUT2D eigenvalue weighted by Gasteiger charge is -2.42. The van der Waals surface area contributed by atoms with Crippen LogP contribution >= 0.6 is 0 Å². The van der Waals surface area contributed by atoms with Crippen LogP contribution in [0.2, 0.25) is 0 Å². The summed E-state index contributed by atoms with van der Waals surface area (Å²) in [5.74, 6) is -1.00. The molecule has 1 unspecified atom stereocenters. The highest BCUT2D eigenvalue weighted by molar-refractivity contribution is 5.98. The first kappa shape index (κ1) is 16.3. The lowest BCUT2D eigenvalue weighted by molar-refractivity contribution is -0.148. The smallest absolute Gasteiger partial charge is 0.345 e. The predicted molar refractivity (Wildman–Crippen MR) is 75.9 cm³/mol. The third kappa shape index (κ3) is 2.93. The lowest BCUT2D eigenvalue weighted by atomic mass is 10.1. The van der Waals surface area contributed by atoms with Gasteiger partial charge in [-0.15, -0.1) is 0 Å². The monoisotopic (exact) mass is 341 g/mol. The van der Waals surface area contributed by atoms with Crippen molar-refractivity contribution in [3.63, 3.8) is 0 Å². The number of alkyl halides is 3. The SMILES string of the molecule is O=C1NCC(=O)N2CCN(C(=O)c3ccc(C(F)(F)F)cc3)CC12. The van der Waals surface area contributed by atoms with Gasteiger partial charge in [0.1, 0.15) is 6.04 Å². The summed E-state index contributed by atoms with van der Waals surface area (Å²) in [6, 6.07) is 3.17. The second-order valence-electron chi connectivity index (χ2n) is 5.65. The first-order chi connectivity index (χ1) is 11.3. The third-order valence-electron chi connectivity index (χ3n) is 4.16. The number of halogens is 3. The summed E-state index contributed by atoms with van der Waals surface area (Å²) in [5.41, 5.74) is -0.722. The average molecular weight is 341 g/mol.